The van der Waals surface area contributed by atoms with Crippen molar-refractivity contribution in [3.8, 4) is 11.1 Å². The number of fused-ring (bicyclic) bond motifs is 1. The topological polar surface area (TPSA) is 35.0 Å². The van der Waals surface area contributed by atoms with Crippen molar-refractivity contribution in [3.63, 3.8) is 0 Å². The normalized spacial score (nSPS) is 8.60. The van der Waals surface area contributed by atoms with Crippen molar-refractivity contribution >= 4 is 0 Å². The molecule has 0 unspecified atom stereocenters. The molecule has 0 saturated heterocycles. The lowest BCUT2D eigenvalue weighted by atomic mass is 9.95. The lowest BCUT2D eigenvalue weighted by molar-refractivity contribution is 1.09. The molecule has 3 N–H and O–H groups in total. The van der Waals surface area contributed by atoms with Gasteiger partial charge >= 0.3 is 0 Å². The minimum Gasteiger partial charge on any atom is -0.344 e. The molecule has 0 atom stereocenters. The fourth-order valence-corrected chi connectivity index (χ4v) is 0.663. The van der Waals surface area contributed by atoms with Gasteiger partial charge in [-0.15, -0.1) is 0 Å². The summed E-state index contributed by atoms with van der Waals surface area (Å²) in [6.07, 6.45) is 1.25. The van der Waals surface area contributed by atoms with Crippen LogP contribution >= 0.6 is 0 Å². The molecule has 1 heteroatoms. The Balaban J connectivity index is 0.000000183. The van der Waals surface area contributed by atoms with Crippen LogP contribution in [0.2, 0.25) is 0 Å². The van der Waals surface area contributed by atoms with Crippen molar-refractivity contribution in [2.45, 2.75) is 20.3 Å². The van der Waals surface area contributed by atoms with E-state index in [1.165, 1.54) is 17.5 Å². The van der Waals surface area contributed by atoms with Crippen LogP contribution in [0.15, 0.2) is 24.3 Å². The van der Waals surface area contributed by atoms with Gasteiger partial charge in [0.2, 0.25) is 0 Å². The molecule has 2 rings (SSSR count). The molecule has 0 amide bonds. The number of hydrogen-bond donors (Lipinski definition) is 1. The molecule has 2 aliphatic rings. The molecule has 1 nitrogen and oxygen atoms in total. The summed E-state index contributed by atoms with van der Waals surface area (Å²) in [5.74, 6) is 0. The largest absolute Gasteiger partial charge is 0.344 e. The number of rotatable bonds is 0. The zero-order valence-electron chi connectivity index (χ0n) is 6.72. The Morgan fingerprint density at radius 2 is 1.10 bits per heavy atom. The quantitative estimate of drug-likeness (QED) is 0.594. The highest BCUT2D eigenvalue weighted by Gasteiger charge is 2.03. The maximum absolute atomic E-state index is 2.12. The maximum Gasteiger partial charge on any atom is -0.0184 e. The van der Waals surface area contributed by atoms with Crippen molar-refractivity contribution in [2.24, 2.45) is 0 Å². The van der Waals surface area contributed by atoms with Crippen LogP contribution in [0.1, 0.15) is 20.3 Å². The molecule has 56 valence electrons. The van der Waals surface area contributed by atoms with Gasteiger partial charge in [0, 0.05) is 0 Å². The second kappa shape index (κ2) is 4.07. The van der Waals surface area contributed by atoms with Gasteiger partial charge in [0.1, 0.15) is 0 Å². The first kappa shape index (κ1) is 9.18. The highest BCUT2D eigenvalue weighted by Crippen LogP contribution is 2.29. The molecule has 0 spiro atoms. The monoisotopic (exact) mass is 137 g/mol. The Kier molecular flexibility index (Phi) is 3.74. The Morgan fingerprint density at radius 3 is 1.10 bits per heavy atom. The van der Waals surface area contributed by atoms with Gasteiger partial charge in [-0.25, -0.2) is 0 Å². The molecule has 0 radical (unpaired) electrons. The highest BCUT2D eigenvalue weighted by molar-refractivity contribution is 5.75. The molecule has 0 heterocycles. The first-order valence-corrected chi connectivity index (χ1v) is 3.49. The SMILES string of the molecule is CCC.N.c1cc2ccc1-2. The fourth-order valence-electron chi connectivity index (χ4n) is 0.663. The van der Waals surface area contributed by atoms with E-state index in [2.05, 4.69) is 38.1 Å². The zero-order chi connectivity index (χ0) is 6.69. The fraction of sp³-hybridized carbons (Fsp3) is 0.333. The van der Waals surface area contributed by atoms with Crippen molar-refractivity contribution in [1.82, 2.24) is 6.15 Å². The minimum absolute atomic E-state index is 0. The maximum atomic E-state index is 2.12. The summed E-state index contributed by atoms with van der Waals surface area (Å²) >= 11 is 0. The van der Waals surface area contributed by atoms with Crippen LogP contribution < -0.4 is 6.15 Å². The lowest BCUT2D eigenvalue weighted by Crippen LogP contribution is -1.85. The molecule has 0 bridgehead atoms. The molecule has 2 aliphatic carbocycles. The van der Waals surface area contributed by atoms with E-state index in [9.17, 15) is 0 Å². The van der Waals surface area contributed by atoms with E-state index >= 15 is 0 Å². The summed E-state index contributed by atoms with van der Waals surface area (Å²) in [5, 5.41) is 0. The molecule has 0 fully saturated rings. The minimum atomic E-state index is 0. The average molecular weight is 137 g/mol. The van der Waals surface area contributed by atoms with Gasteiger partial charge in [0.05, 0.1) is 0 Å². The predicted molar refractivity (Wildman–Crippen MR) is 46.4 cm³/mol. The summed E-state index contributed by atoms with van der Waals surface area (Å²) in [6.45, 7) is 4.25. The molecule has 0 aromatic carbocycles. The van der Waals surface area contributed by atoms with Crippen LogP contribution in [-0.4, -0.2) is 0 Å². The van der Waals surface area contributed by atoms with Crippen LogP contribution in [-0.2, 0) is 0 Å². The van der Waals surface area contributed by atoms with Gasteiger partial charge in [-0.1, -0.05) is 44.5 Å². The van der Waals surface area contributed by atoms with Crippen molar-refractivity contribution in [1.29, 1.82) is 0 Å². The molecule has 0 aromatic heterocycles. The van der Waals surface area contributed by atoms with Crippen LogP contribution in [0.25, 0.3) is 11.1 Å². The van der Waals surface area contributed by atoms with E-state index in [1.807, 2.05) is 0 Å². The van der Waals surface area contributed by atoms with Crippen molar-refractivity contribution in [3.05, 3.63) is 24.3 Å². The summed E-state index contributed by atoms with van der Waals surface area (Å²) in [4.78, 5) is 0. The van der Waals surface area contributed by atoms with Crippen LogP contribution in [0.5, 0.6) is 0 Å². The second-order valence-electron chi connectivity index (χ2n) is 2.28. The van der Waals surface area contributed by atoms with E-state index < -0.39 is 0 Å². The highest BCUT2D eigenvalue weighted by atomic mass is 14.1. The Bertz CT molecular complexity index is 155. The third-order valence-electron chi connectivity index (χ3n) is 1.22. The first-order chi connectivity index (χ1) is 4.38. The second-order valence-corrected chi connectivity index (χ2v) is 2.28. The number of benzene rings is 1. The molecule has 0 saturated carbocycles. The van der Waals surface area contributed by atoms with Gasteiger partial charge < -0.3 is 6.15 Å². The van der Waals surface area contributed by atoms with E-state index in [0.29, 0.717) is 0 Å². The average Bonchev–Trinajstić information content (AvgIpc) is 1.81. The van der Waals surface area contributed by atoms with Crippen LogP contribution in [0, 0.1) is 0 Å². The standard InChI is InChI=1S/C6H4.C3H8.H3N/c1-2-6-4-3-5(1)6;1-3-2;/h1-4H;3H2,1-2H3;1H3. The van der Waals surface area contributed by atoms with E-state index in [-0.39, 0.29) is 6.15 Å². The molecule has 0 aliphatic heterocycles. The first-order valence-electron chi connectivity index (χ1n) is 3.49. The summed E-state index contributed by atoms with van der Waals surface area (Å²) < 4.78 is 0. The van der Waals surface area contributed by atoms with Crippen molar-refractivity contribution < 1.29 is 0 Å². The smallest absolute Gasteiger partial charge is 0.0184 e. The number of hydrogen-bond acceptors (Lipinski definition) is 1. The summed E-state index contributed by atoms with van der Waals surface area (Å²) in [6, 6.07) is 8.48. The van der Waals surface area contributed by atoms with Gasteiger partial charge in [0.15, 0.2) is 0 Å². The van der Waals surface area contributed by atoms with Crippen molar-refractivity contribution in [2.75, 3.05) is 0 Å². The third-order valence-corrected chi connectivity index (χ3v) is 1.22. The zero-order valence-corrected chi connectivity index (χ0v) is 6.72. The van der Waals surface area contributed by atoms with Gasteiger partial charge in [-0.3, -0.25) is 0 Å². The molecule has 10 heavy (non-hydrogen) atoms. The predicted octanol–water partition coefficient (Wildman–Crippen LogP) is 3.25. The molecule has 0 aromatic rings. The van der Waals surface area contributed by atoms with E-state index in [0.717, 1.165) is 0 Å². The van der Waals surface area contributed by atoms with Crippen LogP contribution in [0.4, 0.5) is 0 Å². The summed E-state index contributed by atoms with van der Waals surface area (Å²) in [7, 11) is 0. The molecular weight excluding hydrogens is 122 g/mol. The Labute approximate surface area is 62.7 Å². The van der Waals surface area contributed by atoms with Crippen LogP contribution in [0.3, 0.4) is 0 Å². The van der Waals surface area contributed by atoms with E-state index in [4.69, 9.17) is 0 Å². The Morgan fingerprint density at radius 1 is 0.900 bits per heavy atom. The van der Waals surface area contributed by atoms with E-state index in [1.54, 1.807) is 0 Å². The Hall–Kier alpha value is -0.820. The third kappa shape index (κ3) is 1.58. The molecular formula is C9H15N. The van der Waals surface area contributed by atoms with Gasteiger partial charge in [-0.05, 0) is 11.1 Å². The van der Waals surface area contributed by atoms with Gasteiger partial charge in [-0.2, -0.15) is 0 Å². The lowest BCUT2D eigenvalue weighted by Gasteiger charge is -2.10. The van der Waals surface area contributed by atoms with Gasteiger partial charge in [0.25, 0.3) is 0 Å². The summed E-state index contributed by atoms with van der Waals surface area (Å²) in [5.41, 5.74) is 2.85.